The number of hydrogen-bond donors (Lipinski definition) is 3. The molecule has 1 aromatic carbocycles. The summed E-state index contributed by atoms with van der Waals surface area (Å²) in [5, 5.41) is 17.9. The van der Waals surface area contributed by atoms with Crippen LogP contribution in [0.4, 0.5) is 0 Å². The second-order valence-electron chi connectivity index (χ2n) is 6.29. The van der Waals surface area contributed by atoms with Crippen molar-refractivity contribution < 1.29 is 9.84 Å². The first-order chi connectivity index (χ1) is 12.5. The van der Waals surface area contributed by atoms with Crippen LogP contribution in [0.2, 0.25) is 10.0 Å². The first-order valence-electron chi connectivity index (χ1n) is 8.77. The maximum Gasteiger partial charge on any atom is 0.191 e. The summed E-state index contributed by atoms with van der Waals surface area (Å²) >= 11 is 13.9. The number of hydrogen-bond acceptors (Lipinski definition) is 4. The Hall–Kier alpha value is 0.0700. The zero-order valence-corrected chi connectivity index (χ0v) is 20.3. The van der Waals surface area contributed by atoms with Gasteiger partial charge in [-0.1, -0.05) is 23.2 Å². The minimum absolute atomic E-state index is 0. The summed E-state index contributed by atoms with van der Waals surface area (Å²) < 4.78 is 5.61. The van der Waals surface area contributed by atoms with Gasteiger partial charge in [-0.2, -0.15) is 11.8 Å². The van der Waals surface area contributed by atoms with E-state index in [1.807, 2.05) is 18.7 Å². The fraction of sp³-hybridized carbons (Fsp3) is 0.611. The minimum Gasteiger partial charge on any atom is -0.387 e. The highest BCUT2D eigenvalue weighted by Crippen LogP contribution is 2.34. The maximum absolute atomic E-state index is 10.4. The first kappa shape index (κ1) is 25.1. The molecule has 9 heteroatoms. The Morgan fingerprint density at radius 1 is 1.26 bits per heavy atom. The molecule has 0 saturated carbocycles. The number of thioether (sulfide) groups is 1. The van der Waals surface area contributed by atoms with E-state index in [0.29, 0.717) is 34.7 Å². The highest BCUT2D eigenvalue weighted by atomic mass is 127. The first-order valence-corrected chi connectivity index (χ1v) is 10.8. The van der Waals surface area contributed by atoms with Crippen LogP contribution in [0, 0.1) is 0 Å². The average molecular weight is 548 g/mol. The number of nitrogens with zero attached hydrogens (tertiary/aromatic N) is 1. The van der Waals surface area contributed by atoms with Crippen LogP contribution in [0.5, 0.6) is 0 Å². The molecule has 1 atom stereocenters. The summed E-state index contributed by atoms with van der Waals surface area (Å²) in [6.45, 7) is 5.37. The number of aliphatic hydroxyl groups is 1. The lowest BCUT2D eigenvalue weighted by molar-refractivity contribution is 0.0794. The number of aliphatic hydroxyl groups excluding tert-OH is 1. The van der Waals surface area contributed by atoms with Gasteiger partial charge in [0.25, 0.3) is 0 Å². The van der Waals surface area contributed by atoms with E-state index in [0.717, 1.165) is 32.6 Å². The molecule has 1 heterocycles. The molecule has 154 valence electrons. The number of rotatable bonds is 7. The van der Waals surface area contributed by atoms with Crippen LogP contribution in [0.1, 0.15) is 31.4 Å². The lowest BCUT2D eigenvalue weighted by atomic mass is 9.99. The van der Waals surface area contributed by atoms with E-state index in [9.17, 15) is 5.11 Å². The highest BCUT2D eigenvalue weighted by Gasteiger charge is 2.31. The van der Waals surface area contributed by atoms with Crippen molar-refractivity contribution in [3.63, 3.8) is 0 Å². The zero-order chi connectivity index (χ0) is 19.0. The van der Waals surface area contributed by atoms with Crippen molar-refractivity contribution in [1.29, 1.82) is 0 Å². The monoisotopic (exact) mass is 547 g/mol. The topological polar surface area (TPSA) is 65.9 Å². The lowest BCUT2D eigenvalue weighted by Gasteiger charge is -2.34. The molecule has 2 rings (SSSR count). The molecule has 1 fully saturated rings. The van der Waals surface area contributed by atoms with Crippen molar-refractivity contribution in [2.24, 2.45) is 4.99 Å². The van der Waals surface area contributed by atoms with Crippen LogP contribution in [0.25, 0.3) is 0 Å². The third-order valence-electron chi connectivity index (χ3n) is 4.44. The molecule has 1 unspecified atom stereocenters. The molecule has 27 heavy (non-hydrogen) atoms. The molecule has 1 aromatic rings. The minimum atomic E-state index is -0.729. The second-order valence-corrected chi connectivity index (χ2v) is 8.44. The third kappa shape index (κ3) is 8.14. The third-order valence-corrected chi connectivity index (χ3v) is 6.28. The number of halogens is 3. The molecule has 1 saturated heterocycles. The number of benzene rings is 1. The van der Waals surface area contributed by atoms with Crippen LogP contribution in [0.15, 0.2) is 23.2 Å². The number of nitrogens with one attached hydrogen (secondary N) is 2. The average Bonchev–Trinajstić information content (AvgIpc) is 2.63. The summed E-state index contributed by atoms with van der Waals surface area (Å²) in [6, 6.07) is 5.08. The van der Waals surface area contributed by atoms with Gasteiger partial charge in [0.1, 0.15) is 0 Å². The fourth-order valence-corrected chi connectivity index (χ4v) is 4.13. The second kappa shape index (κ2) is 12.6. The predicted molar refractivity (Wildman–Crippen MR) is 127 cm³/mol. The number of aliphatic imine (C=N–C) groups is 1. The maximum atomic E-state index is 10.4. The van der Waals surface area contributed by atoms with Crippen molar-refractivity contribution in [2.75, 3.05) is 39.1 Å². The molecule has 1 aliphatic heterocycles. The smallest absolute Gasteiger partial charge is 0.191 e. The molecule has 1 aliphatic rings. The molecular weight excluding hydrogens is 520 g/mol. The van der Waals surface area contributed by atoms with E-state index < -0.39 is 6.10 Å². The van der Waals surface area contributed by atoms with Crippen molar-refractivity contribution >= 4 is 64.9 Å². The quantitative estimate of drug-likeness (QED) is 0.272. The molecule has 0 aliphatic carbocycles. The summed E-state index contributed by atoms with van der Waals surface area (Å²) in [5.41, 5.74) is 0.677. The van der Waals surface area contributed by atoms with E-state index in [2.05, 4.69) is 16.9 Å². The van der Waals surface area contributed by atoms with Gasteiger partial charge >= 0.3 is 0 Å². The van der Waals surface area contributed by atoms with Crippen LogP contribution in [-0.2, 0) is 4.74 Å². The van der Waals surface area contributed by atoms with Crippen molar-refractivity contribution in [2.45, 2.75) is 30.6 Å². The zero-order valence-electron chi connectivity index (χ0n) is 15.6. The summed E-state index contributed by atoms with van der Waals surface area (Å²) in [6.07, 6.45) is 3.41. The van der Waals surface area contributed by atoms with Gasteiger partial charge in [0.2, 0.25) is 0 Å². The molecule has 0 amide bonds. The van der Waals surface area contributed by atoms with E-state index in [1.165, 1.54) is 0 Å². The Bertz CT molecular complexity index is 596. The molecule has 0 spiro atoms. The van der Waals surface area contributed by atoms with Gasteiger partial charge in [-0.3, -0.25) is 4.99 Å². The van der Waals surface area contributed by atoms with Crippen LogP contribution in [-0.4, -0.2) is 54.9 Å². The molecular formula is C18H28Cl2IN3O2S. The van der Waals surface area contributed by atoms with Gasteiger partial charge in [0.05, 0.1) is 12.6 Å². The molecule has 0 radical (unpaired) electrons. The SMILES string of the molecule is CCNC(=NCC1(SC)CCOCC1)NCC(O)c1cc(Cl)cc(Cl)c1.I. The summed E-state index contributed by atoms with van der Waals surface area (Å²) in [4.78, 5) is 4.74. The van der Waals surface area contributed by atoms with Gasteiger partial charge in [-0.25, -0.2) is 0 Å². The lowest BCUT2D eigenvalue weighted by Crippen LogP contribution is -2.42. The van der Waals surface area contributed by atoms with Gasteiger partial charge in [0.15, 0.2) is 5.96 Å². The van der Waals surface area contributed by atoms with E-state index in [1.54, 1.807) is 18.2 Å². The largest absolute Gasteiger partial charge is 0.387 e. The molecule has 0 bridgehead atoms. The van der Waals surface area contributed by atoms with Gasteiger partial charge in [0, 0.05) is 41.1 Å². The molecule has 5 nitrogen and oxygen atoms in total. The van der Waals surface area contributed by atoms with E-state index >= 15 is 0 Å². The van der Waals surface area contributed by atoms with E-state index in [-0.39, 0.29) is 28.7 Å². The molecule has 3 N–H and O–H groups in total. The van der Waals surface area contributed by atoms with Crippen molar-refractivity contribution in [1.82, 2.24) is 10.6 Å². The van der Waals surface area contributed by atoms with Crippen LogP contribution < -0.4 is 10.6 Å². The Morgan fingerprint density at radius 3 is 2.44 bits per heavy atom. The Labute approximate surface area is 193 Å². The van der Waals surface area contributed by atoms with Gasteiger partial charge < -0.3 is 20.5 Å². The van der Waals surface area contributed by atoms with Crippen LogP contribution in [0.3, 0.4) is 0 Å². The van der Waals surface area contributed by atoms with Gasteiger partial charge in [-0.15, -0.1) is 24.0 Å². The van der Waals surface area contributed by atoms with Crippen molar-refractivity contribution in [3.05, 3.63) is 33.8 Å². The van der Waals surface area contributed by atoms with Crippen molar-refractivity contribution in [3.8, 4) is 0 Å². The predicted octanol–water partition coefficient (Wildman–Crippen LogP) is 4.11. The fourth-order valence-electron chi connectivity index (χ4n) is 2.81. The summed E-state index contributed by atoms with van der Waals surface area (Å²) in [5.74, 6) is 0.694. The van der Waals surface area contributed by atoms with Crippen LogP contribution >= 0.6 is 58.9 Å². The van der Waals surface area contributed by atoms with Gasteiger partial charge in [-0.05, 0) is 49.8 Å². The normalized spacial score (nSPS) is 17.7. The van der Waals surface area contributed by atoms with E-state index in [4.69, 9.17) is 32.9 Å². The molecule has 0 aromatic heterocycles. The Kier molecular flexibility index (Phi) is 11.7. The highest BCUT2D eigenvalue weighted by molar-refractivity contribution is 14.0. The number of guanidine groups is 1. The summed E-state index contributed by atoms with van der Waals surface area (Å²) in [7, 11) is 0. The Morgan fingerprint density at radius 2 is 1.89 bits per heavy atom. The Balaban J connectivity index is 0.00000364. The standard InChI is InChI=1S/C18H27Cl2N3O2S.HI/c1-3-21-17(23-12-18(26-2)4-6-25-7-5-18)22-11-16(24)13-8-14(19)10-15(20)9-13;/h8-10,16,24H,3-7,11-12H2,1-2H3,(H2,21,22,23);1H. The number of ether oxygens (including phenoxy) is 1.